The molecule has 1 rings (SSSR count). The Kier molecular flexibility index (Phi) is 4.23. The highest BCUT2D eigenvalue weighted by Gasteiger charge is 2.02. The van der Waals surface area contributed by atoms with Gasteiger partial charge in [-0.05, 0) is 12.0 Å². The molecule has 0 saturated carbocycles. The molecule has 0 radical (unpaired) electrons. The summed E-state index contributed by atoms with van der Waals surface area (Å²) in [5.41, 5.74) is 6.33. The summed E-state index contributed by atoms with van der Waals surface area (Å²) >= 11 is 4.62. The molecule has 0 spiro atoms. The highest BCUT2D eigenvalue weighted by atomic mass is 32.1. The van der Waals surface area contributed by atoms with Crippen molar-refractivity contribution in [2.75, 3.05) is 6.54 Å². The van der Waals surface area contributed by atoms with E-state index in [2.05, 4.69) is 22.6 Å². The molecule has 0 aliphatic heterocycles. The van der Waals surface area contributed by atoms with Crippen LogP contribution in [0.4, 0.5) is 0 Å². The van der Waals surface area contributed by atoms with Gasteiger partial charge in [0.2, 0.25) is 5.91 Å². The molecule has 3 N–H and O–H groups in total. The van der Waals surface area contributed by atoms with Crippen LogP contribution in [0.25, 0.3) is 0 Å². The molecule has 0 fully saturated rings. The molecule has 0 aromatic carbocycles. The van der Waals surface area contributed by atoms with E-state index >= 15 is 0 Å². The van der Waals surface area contributed by atoms with E-state index in [1.54, 1.807) is 10.9 Å². The summed E-state index contributed by atoms with van der Waals surface area (Å²) < 4.78 is 1.73. The predicted molar refractivity (Wildman–Crippen MR) is 61.3 cm³/mol. The summed E-state index contributed by atoms with van der Waals surface area (Å²) in [6.07, 6.45) is 4.57. The Morgan fingerprint density at radius 2 is 2.47 bits per heavy atom. The minimum atomic E-state index is -0.133. The zero-order valence-electron chi connectivity index (χ0n) is 8.56. The molecule has 0 saturated heterocycles. The number of carbonyl (C=O) groups excluding carboxylic acids is 1. The van der Waals surface area contributed by atoms with Gasteiger partial charge in [0.25, 0.3) is 0 Å². The van der Waals surface area contributed by atoms with Crippen LogP contribution in [0.15, 0.2) is 12.4 Å². The van der Waals surface area contributed by atoms with Gasteiger partial charge in [0, 0.05) is 19.8 Å². The molecule has 5 nitrogen and oxygen atoms in total. The van der Waals surface area contributed by atoms with Gasteiger partial charge in [-0.3, -0.25) is 9.48 Å². The molecule has 0 aliphatic carbocycles. The summed E-state index contributed by atoms with van der Waals surface area (Å²) in [6.45, 7) is 0.577. The first-order valence-corrected chi connectivity index (χ1v) is 5.01. The number of nitrogens with two attached hydrogens (primary N) is 1. The predicted octanol–water partition coefficient (Wildman–Crippen LogP) is -0.245. The largest absolute Gasteiger partial charge is 0.393 e. The van der Waals surface area contributed by atoms with Crippen LogP contribution in [0.5, 0.6) is 0 Å². The lowest BCUT2D eigenvalue weighted by molar-refractivity contribution is -0.119. The zero-order valence-corrected chi connectivity index (χ0v) is 9.38. The quantitative estimate of drug-likeness (QED) is 0.679. The second-order valence-electron chi connectivity index (χ2n) is 3.27. The van der Waals surface area contributed by atoms with E-state index in [0.717, 1.165) is 12.0 Å². The van der Waals surface area contributed by atoms with Crippen LogP contribution in [0.3, 0.4) is 0 Å². The van der Waals surface area contributed by atoms with Crippen LogP contribution in [-0.2, 0) is 18.3 Å². The summed E-state index contributed by atoms with van der Waals surface area (Å²) in [6, 6.07) is 0. The fourth-order valence-electron chi connectivity index (χ4n) is 1.17. The normalized spacial score (nSPS) is 9.93. The van der Waals surface area contributed by atoms with Gasteiger partial charge in [0.15, 0.2) is 0 Å². The number of nitrogens with zero attached hydrogens (tertiary/aromatic N) is 2. The number of aromatic nitrogens is 2. The lowest BCUT2D eigenvalue weighted by Gasteiger charge is -2.02. The number of nitrogens with one attached hydrogen (secondary N) is 1. The van der Waals surface area contributed by atoms with Gasteiger partial charge in [-0.15, -0.1) is 0 Å². The molecule has 6 heteroatoms. The molecule has 1 amide bonds. The molecule has 0 bridgehead atoms. The Hall–Kier alpha value is -1.43. The van der Waals surface area contributed by atoms with Gasteiger partial charge < -0.3 is 11.1 Å². The number of amides is 1. The molecular weight excluding hydrogens is 212 g/mol. The van der Waals surface area contributed by atoms with Crippen LogP contribution >= 0.6 is 12.2 Å². The van der Waals surface area contributed by atoms with Gasteiger partial charge in [-0.25, -0.2) is 0 Å². The average Bonchev–Trinajstić information content (AvgIpc) is 2.50. The standard InChI is InChI=1S/C9H14N4OS/c1-13-6-7(5-12-13)2-3-11-9(14)4-8(10)15/h5-6H,2-4H2,1H3,(H2,10,15)(H,11,14). The summed E-state index contributed by atoms with van der Waals surface area (Å²) in [7, 11) is 1.86. The number of aryl methyl sites for hydroxylation is 1. The molecular formula is C9H14N4OS. The van der Waals surface area contributed by atoms with Crippen LogP contribution in [-0.4, -0.2) is 27.2 Å². The topological polar surface area (TPSA) is 72.9 Å². The number of hydrogen-bond donors (Lipinski definition) is 2. The van der Waals surface area contributed by atoms with Crippen molar-refractivity contribution in [1.82, 2.24) is 15.1 Å². The Labute approximate surface area is 93.6 Å². The lowest BCUT2D eigenvalue weighted by atomic mass is 10.2. The van der Waals surface area contributed by atoms with Gasteiger partial charge in [-0.1, -0.05) is 12.2 Å². The maximum Gasteiger partial charge on any atom is 0.226 e. The Bertz CT molecular complexity index is 361. The first-order chi connectivity index (χ1) is 7.08. The molecule has 1 aromatic heterocycles. The van der Waals surface area contributed by atoms with Crippen molar-refractivity contribution in [3.63, 3.8) is 0 Å². The van der Waals surface area contributed by atoms with Crippen LogP contribution in [0, 0.1) is 0 Å². The Morgan fingerprint density at radius 1 is 1.73 bits per heavy atom. The van der Waals surface area contributed by atoms with E-state index in [1.807, 2.05) is 13.2 Å². The first kappa shape index (κ1) is 11.6. The van der Waals surface area contributed by atoms with Crippen LogP contribution in [0.2, 0.25) is 0 Å². The Balaban J connectivity index is 2.22. The zero-order chi connectivity index (χ0) is 11.3. The third-order valence-corrected chi connectivity index (χ3v) is 1.97. The van der Waals surface area contributed by atoms with E-state index < -0.39 is 0 Å². The fourth-order valence-corrected chi connectivity index (χ4v) is 1.30. The Morgan fingerprint density at radius 3 is 3.00 bits per heavy atom. The molecule has 82 valence electrons. The molecule has 0 unspecified atom stereocenters. The average molecular weight is 226 g/mol. The number of carbonyl (C=O) groups is 1. The van der Waals surface area contributed by atoms with Crippen molar-refractivity contribution in [3.8, 4) is 0 Å². The van der Waals surface area contributed by atoms with Crippen molar-refractivity contribution in [1.29, 1.82) is 0 Å². The molecule has 15 heavy (non-hydrogen) atoms. The van der Waals surface area contributed by atoms with E-state index in [9.17, 15) is 4.79 Å². The van der Waals surface area contributed by atoms with Gasteiger partial charge in [0.05, 0.1) is 17.6 Å². The highest BCUT2D eigenvalue weighted by Crippen LogP contribution is 1.96. The molecule has 0 aliphatic rings. The third-order valence-electron chi connectivity index (χ3n) is 1.83. The van der Waals surface area contributed by atoms with E-state index in [0.29, 0.717) is 6.54 Å². The number of rotatable bonds is 5. The lowest BCUT2D eigenvalue weighted by Crippen LogP contribution is -2.29. The maximum absolute atomic E-state index is 11.1. The van der Waals surface area contributed by atoms with Crippen LogP contribution < -0.4 is 11.1 Å². The second kappa shape index (κ2) is 5.45. The second-order valence-corrected chi connectivity index (χ2v) is 3.79. The van der Waals surface area contributed by atoms with Crippen LogP contribution in [0.1, 0.15) is 12.0 Å². The minimum absolute atomic E-state index is 0.113. The third kappa shape index (κ3) is 4.55. The van der Waals surface area contributed by atoms with Crippen molar-refractivity contribution < 1.29 is 4.79 Å². The van der Waals surface area contributed by atoms with Crippen molar-refractivity contribution in [2.24, 2.45) is 12.8 Å². The SMILES string of the molecule is Cn1cc(CCNC(=O)CC(N)=S)cn1. The number of thiocarbonyl (C=S) groups is 1. The maximum atomic E-state index is 11.1. The van der Waals surface area contributed by atoms with Gasteiger partial charge in [0.1, 0.15) is 0 Å². The highest BCUT2D eigenvalue weighted by molar-refractivity contribution is 7.80. The van der Waals surface area contributed by atoms with E-state index in [1.165, 1.54) is 0 Å². The monoisotopic (exact) mass is 226 g/mol. The van der Waals surface area contributed by atoms with Gasteiger partial charge in [-0.2, -0.15) is 5.10 Å². The van der Waals surface area contributed by atoms with Gasteiger partial charge >= 0.3 is 0 Å². The smallest absolute Gasteiger partial charge is 0.226 e. The fraction of sp³-hybridized carbons (Fsp3) is 0.444. The molecule has 1 aromatic rings. The summed E-state index contributed by atoms with van der Waals surface area (Å²) in [5, 5.41) is 6.75. The minimum Gasteiger partial charge on any atom is -0.393 e. The van der Waals surface area contributed by atoms with E-state index in [-0.39, 0.29) is 17.3 Å². The van der Waals surface area contributed by atoms with E-state index in [4.69, 9.17) is 5.73 Å². The number of hydrogen-bond acceptors (Lipinski definition) is 3. The molecule has 0 atom stereocenters. The summed E-state index contributed by atoms with van der Waals surface area (Å²) in [4.78, 5) is 11.4. The molecule has 1 heterocycles. The van der Waals surface area contributed by atoms with Crippen molar-refractivity contribution in [2.45, 2.75) is 12.8 Å². The summed E-state index contributed by atoms with van der Waals surface area (Å²) in [5.74, 6) is -0.133. The first-order valence-electron chi connectivity index (χ1n) is 4.60. The van der Waals surface area contributed by atoms with Crippen molar-refractivity contribution >= 4 is 23.1 Å². The van der Waals surface area contributed by atoms with Crippen molar-refractivity contribution in [3.05, 3.63) is 18.0 Å².